The number of aromatic nitrogens is 5. The molecule has 0 saturated carbocycles. The number of tetrazole rings is 1. The van der Waals surface area contributed by atoms with Crippen LogP contribution in [-0.4, -0.2) is 43.2 Å². The molecule has 1 N–H and O–H groups in total. The molecule has 3 heterocycles. The molecule has 0 aliphatic carbocycles. The number of likely N-dealkylation sites (tertiary alicyclic amines) is 1. The highest BCUT2D eigenvalue weighted by atomic mass is 16.1. The van der Waals surface area contributed by atoms with Gasteiger partial charge in [0.15, 0.2) is 5.82 Å². The number of aromatic amines is 1. The molecule has 0 spiro atoms. The van der Waals surface area contributed by atoms with Gasteiger partial charge in [-0.25, -0.2) is 4.68 Å². The first kappa shape index (κ1) is 21.7. The maximum Gasteiger partial charge on any atom is 0.253 e. The zero-order valence-electron chi connectivity index (χ0n) is 19.4. The Labute approximate surface area is 183 Å². The Balaban J connectivity index is 1.93. The van der Waals surface area contributed by atoms with Crippen LogP contribution in [0.4, 0.5) is 0 Å². The topological polar surface area (TPSA) is 79.7 Å². The first-order valence-corrected chi connectivity index (χ1v) is 11.5. The third kappa shape index (κ3) is 4.15. The first-order chi connectivity index (χ1) is 14.8. The summed E-state index contributed by atoms with van der Waals surface area (Å²) < 4.78 is 1.92. The van der Waals surface area contributed by atoms with Crippen LogP contribution in [0.15, 0.2) is 23.0 Å². The molecule has 2 aromatic heterocycles. The number of aryl methyl sites for hydroxylation is 2. The summed E-state index contributed by atoms with van der Waals surface area (Å²) in [4.78, 5) is 19.0. The van der Waals surface area contributed by atoms with Gasteiger partial charge in [0, 0.05) is 5.56 Å². The van der Waals surface area contributed by atoms with Crippen LogP contribution in [0.1, 0.15) is 81.4 Å². The fourth-order valence-corrected chi connectivity index (χ4v) is 4.70. The Morgan fingerprint density at radius 2 is 1.81 bits per heavy atom. The Hall–Kier alpha value is -2.54. The van der Waals surface area contributed by atoms with Gasteiger partial charge >= 0.3 is 0 Å². The number of hydrogen-bond donors (Lipinski definition) is 1. The van der Waals surface area contributed by atoms with E-state index < -0.39 is 0 Å². The molecule has 0 amide bonds. The largest absolute Gasteiger partial charge is 0.321 e. The average Bonchev–Trinajstić information content (AvgIpc) is 3.06. The van der Waals surface area contributed by atoms with Gasteiger partial charge in [0.25, 0.3) is 5.56 Å². The van der Waals surface area contributed by atoms with Crippen LogP contribution in [0, 0.1) is 13.8 Å². The first-order valence-electron chi connectivity index (χ1n) is 11.5. The fourth-order valence-electron chi connectivity index (χ4n) is 4.70. The number of H-pyrrole nitrogens is 1. The van der Waals surface area contributed by atoms with Crippen molar-refractivity contribution in [2.45, 2.75) is 78.3 Å². The van der Waals surface area contributed by atoms with Crippen molar-refractivity contribution in [1.29, 1.82) is 0 Å². The predicted molar refractivity (Wildman–Crippen MR) is 123 cm³/mol. The van der Waals surface area contributed by atoms with E-state index in [9.17, 15) is 4.79 Å². The highest BCUT2D eigenvalue weighted by Gasteiger charge is 2.34. The Morgan fingerprint density at radius 3 is 2.48 bits per heavy atom. The van der Waals surface area contributed by atoms with Crippen molar-refractivity contribution >= 4 is 10.9 Å². The van der Waals surface area contributed by atoms with Gasteiger partial charge in [-0.2, -0.15) is 0 Å². The molecule has 166 valence electrons. The number of rotatable bonds is 5. The molecule has 1 saturated heterocycles. The number of fused-ring (bicyclic) bond motifs is 1. The molecule has 7 nitrogen and oxygen atoms in total. The van der Waals surface area contributed by atoms with Crippen LogP contribution in [0.3, 0.4) is 0 Å². The molecular formula is C24H34N6O. The maximum absolute atomic E-state index is 13.4. The summed E-state index contributed by atoms with van der Waals surface area (Å²) in [5, 5.41) is 13.9. The van der Waals surface area contributed by atoms with E-state index >= 15 is 0 Å². The second-order valence-corrected chi connectivity index (χ2v) is 9.57. The van der Waals surface area contributed by atoms with Gasteiger partial charge in [-0.15, -0.1) is 5.10 Å². The minimum Gasteiger partial charge on any atom is -0.321 e. The number of pyridine rings is 1. The van der Waals surface area contributed by atoms with Crippen molar-refractivity contribution in [2.75, 3.05) is 13.1 Å². The quantitative estimate of drug-likeness (QED) is 0.665. The van der Waals surface area contributed by atoms with E-state index in [2.05, 4.69) is 71.3 Å². The van der Waals surface area contributed by atoms with Crippen LogP contribution >= 0.6 is 0 Å². The lowest BCUT2D eigenvalue weighted by Crippen LogP contribution is -2.38. The number of nitrogens with zero attached hydrogens (tertiary/aromatic N) is 5. The van der Waals surface area contributed by atoms with Crippen LogP contribution in [0.25, 0.3) is 10.9 Å². The van der Waals surface area contributed by atoms with Gasteiger partial charge in [0.2, 0.25) is 0 Å². The number of benzene rings is 1. The monoisotopic (exact) mass is 422 g/mol. The highest BCUT2D eigenvalue weighted by Crippen LogP contribution is 2.32. The van der Waals surface area contributed by atoms with Gasteiger partial charge in [0.1, 0.15) is 6.04 Å². The zero-order chi connectivity index (χ0) is 22.2. The lowest BCUT2D eigenvalue weighted by Gasteiger charge is -2.32. The van der Waals surface area contributed by atoms with E-state index in [1.54, 1.807) is 0 Å². The van der Waals surface area contributed by atoms with E-state index in [1.807, 2.05) is 11.6 Å². The molecule has 1 aliphatic rings. The van der Waals surface area contributed by atoms with Gasteiger partial charge < -0.3 is 4.98 Å². The average molecular weight is 423 g/mol. The molecule has 4 rings (SSSR count). The SMILES string of the molecule is CCC(C)(C)n1nnnc1[C@@H](c1cc2cc(C)cc(C)c2[nH]c1=O)N1CCCCCC1. The summed E-state index contributed by atoms with van der Waals surface area (Å²) in [5.41, 5.74) is 3.61. The molecule has 31 heavy (non-hydrogen) atoms. The van der Waals surface area contributed by atoms with Gasteiger partial charge in [-0.1, -0.05) is 31.4 Å². The van der Waals surface area contributed by atoms with Crippen LogP contribution in [-0.2, 0) is 5.54 Å². The molecule has 7 heteroatoms. The summed E-state index contributed by atoms with van der Waals surface area (Å²) >= 11 is 0. The van der Waals surface area contributed by atoms with Crippen LogP contribution in [0.5, 0.6) is 0 Å². The smallest absolute Gasteiger partial charge is 0.253 e. The summed E-state index contributed by atoms with van der Waals surface area (Å²) in [6.07, 6.45) is 5.59. The third-order valence-electron chi connectivity index (χ3n) is 6.80. The summed E-state index contributed by atoms with van der Waals surface area (Å²) in [6.45, 7) is 12.4. The van der Waals surface area contributed by atoms with E-state index in [1.165, 1.54) is 18.4 Å². The summed E-state index contributed by atoms with van der Waals surface area (Å²) in [7, 11) is 0. The number of hydrogen-bond acceptors (Lipinski definition) is 5. The van der Waals surface area contributed by atoms with E-state index in [-0.39, 0.29) is 17.1 Å². The molecule has 0 bridgehead atoms. The standard InChI is InChI=1S/C24H34N6O/c1-6-24(4,5)30-22(26-27-28-30)21(29-11-9-7-8-10-12-29)19-15-18-14-16(2)13-17(3)20(18)25-23(19)31/h13-15,21H,6-12H2,1-5H3,(H,25,31)/t21-/m1/s1. The zero-order valence-corrected chi connectivity index (χ0v) is 19.4. The number of nitrogens with one attached hydrogen (secondary N) is 1. The van der Waals surface area contributed by atoms with Crippen molar-refractivity contribution in [3.8, 4) is 0 Å². The van der Waals surface area contributed by atoms with Gasteiger partial charge in [-0.05, 0) is 93.6 Å². The van der Waals surface area contributed by atoms with Crippen molar-refractivity contribution < 1.29 is 0 Å². The molecule has 0 unspecified atom stereocenters. The minimum absolute atomic E-state index is 0.0578. The van der Waals surface area contributed by atoms with Crippen LogP contribution in [0.2, 0.25) is 0 Å². The Kier molecular flexibility index (Phi) is 5.97. The predicted octanol–water partition coefficient (Wildman–Crippen LogP) is 4.24. The third-order valence-corrected chi connectivity index (χ3v) is 6.80. The van der Waals surface area contributed by atoms with E-state index in [0.29, 0.717) is 0 Å². The van der Waals surface area contributed by atoms with Gasteiger partial charge in [0.05, 0.1) is 11.1 Å². The van der Waals surface area contributed by atoms with Crippen molar-refractivity contribution in [1.82, 2.24) is 30.1 Å². The molecule has 3 aromatic rings. The fraction of sp³-hybridized carbons (Fsp3) is 0.583. The second-order valence-electron chi connectivity index (χ2n) is 9.57. The highest BCUT2D eigenvalue weighted by molar-refractivity contribution is 5.83. The Bertz CT molecular complexity index is 1120. The molecule has 1 aromatic carbocycles. The normalized spacial score (nSPS) is 17.1. The molecular weight excluding hydrogens is 388 g/mol. The molecule has 1 aliphatic heterocycles. The van der Waals surface area contributed by atoms with E-state index in [0.717, 1.165) is 60.2 Å². The molecule has 1 atom stereocenters. The molecule has 0 radical (unpaired) electrons. The van der Waals surface area contributed by atoms with Gasteiger partial charge in [-0.3, -0.25) is 9.69 Å². The Morgan fingerprint density at radius 1 is 1.10 bits per heavy atom. The maximum atomic E-state index is 13.4. The second kappa shape index (κ2) is 8.54. The summed E-state index contributed by atoms with van der Waals surface area (Å²) in [5.74, 6) is 0.753. The van der Waals surface area contributed by atoms with Crippen LogP contribution < -0.4 is 5.56 Å². The van der Waals surface area contributed by atoms with Crippen molar-refractivity contribution in [3.05, 3.63) is 51.1 Å². The van der Waals surface area contributed by atoms with Crippen molar-refractivity contribution in [2.24, 2.45) is 0 Å². The van der Waals surface area contributed by atoms with Crippen molar-refractivity contribution in [3.63, 3.8) is 0 Å². The lowest BCUT2D eigenvalue weighted by atomic mass is 9.98. The minimum atomic E-state index is -0.270. The lowest BCUT2D eigenvalue weighted by molar-refractivity contribution is 0.202. The molecule has 1 fully saturated rings. The van der Waals surface area contributed by atoms with E-state index in [4.69, 9.17) is 0 Å². The summed E-state index contributed by atoms with van der Waals surface area (Å²) in [6, 6.07) is 6.03.